The van der Waals surface area contributed by atoms with Gasteiger partial charge in [-0.2, -0.15) is 0 Å². The molecule has 1 aliphatic rings. The summed E-state index contributed by atoms with van der Waals surface area (Å²) in [5.74, 6) is 0.613. The van der Waals surface area contributed by atoms with E-state index in [0.29, 0.717) is 18.3 Å². The summed E-state index contributed by atoms with van der Waals surface area (Å²) in [6, 6.07) is 8.02. The summed E-state index contributed by atoms with van der Waals surface area (Å²) >= 11 is 0. The van der Waals surface area contributed by atoms with Crippen molar-refractivity contribution in [3.05, 3.63) is 41.7 Å². The van der Waals surface area contributed by atoms with E-state index in [1.165, 1.54) is 0 Å². The molecule has 3 rings (SSSR count). The van der Waals surface area contributed by atoms with Gasteiger partial charge in [-0.3, -0.25) is 4.79 Å². The van der Waals surface area contributed by atoms with Crippen LogP contribution in [-0.2, 0) is 0 Å². The van der Waals surface area contributed by atoms with Crippen LogP contribution in [0.4, 0.5) is 0 Å². The first-order chi connectivity index (χ1) is 12.1. The Balaban J connectivity index is 1.51. The number of carbonyl (C=O) groups is 1. The molecule has 1 aliphatic heterocycles. The first kappa shape index (κ1) is 17.4. The van der Waals surface area contributed by atoms with Crippen LogP contribution in [0, 0.1) is 6.92 Å². The number of aryl methyl sites for hydroxylation is 1. The fraction of sp³-hybridized carbons (Fsp3) is 0.500. The van der Waals surface area contributed by atoms with Gasteiger partial charge in [0.2, 0.25) is 0 Å². The van der Waals surface area contributed by atoms with Crippen LogP contribution in [0.1, 0.15) is 41.9 Å². The first-order valence-electron chi connectivity index (χ1n) is 8.75. The molecule has 1 saturated heterocycles. The minimum atomic E-state index is -0.221. The molecule has 1 amide bonds. The Morgan fingerprint density at radius 2 is 2.16 bits per heavy atom. The third kappa shape index (κ3) is 4.57. The van der Waals surface area contributed by atoms with Crippen molar-refractivity contribution in [1.82, 2.24) is 25.6 Å². The highest BCUT2D eigenvalue weighted by Crippen LogP contribution is 2.17. The average Bonchev–Trinajstić information content (AvgIpc) is 3.12. The van der Waals surface area contributed by atoms with E-state index in [2.05, 4.69) is 20.9 Å². The van der Waals surface area contributed by atoms with E-state index < -0.39 is 0 Å². The number of amides is 1. The highest BCUT2D eigenvalue weighted by Gasteiger charge is 2.19. The summed E-state index contributed by atoms with van der Waals surface area (Å²) in [5.41, 5.74) is 1.42. The van der Waals surface area contributed by atoms with Crippen molar-refractivity contribution in [2.24, 2.45) is 0 Å². The van der Waals surface area contributed by atoms with E-state index in [4.69, 9.17) is 4.74 Å². The molecule has 1 fully saturated rings. The molecule has 2 N–H and O–H groups in total. The highest BCUT2D eigenvalue weighted by atomic mass is 16.5. The molecule has 1 aromatic heterocycles. The summed E-state index contributed by atoms with van der Waals surface area (Å²) in [6.07, 6.45) is 3.75. The molecule has 1 atom stereocenters. The Morgan fingerprint density at radius 3 is 2.92 bits per heavy atom. The molecule has 0 saturated carbocycles. The Morgan fingerprint density at radius 1 is 1.40 bits per heavy atom. The number of nitrogens with one attached hydrogen (secondary N) is 2. The molecular formula is C18H25N5O2. The number of rotatable bonds is 6. The second-order valence-corrected chi connectivity index (χ2v) is 6.52. The van der Waals surface area contributed by atoms with Crippen LogP contribution >= 0.6 is 0 Å². The van der Waals surface area contributed by atoms with Crippen molar-refractivity contribution in [1.29, 1.82) is 0 Å². The Labute approximate surface area is 147 Å². The largest absolute Gasteiger partial charge is 0.491 e. The summed E-state index contributed by atoms with van der Waals surface area (Å²) in [6.45, 7) is 6.25. The van der Waals surface area contributed by atoms with Gasteiger partial charge in [0.05, 0.1) is 18.3 Å². The van der Waals surface area contributed by atoms with Gasteiger partial charge in [0, 0.05) is 0 Å². The SMILES string of the molecule is Cc1ccccc1OC[C@H](C)NC(=O)c1cn(C2CCNCC2)nn1. The van der Waals surface area contributed by atoms with Crippen molar-refractivity contribution in [3.63, 3.8) is 0 Å². The van der Waals surface area contributed by atoms with E-state index in [0.717, 1.165) is 37.2 Å². The van der Waals surface area contributed by atoms with E-state index in [1.54, 1.807) is 6.20 Å². The van der Waals surface area contributed by atoms with Gasteiger partial charge in [0.1, 0.15) is 12.4 Å². The Hall–Kier alpha value is -2.41. The monoisotopic (exact) mass is 343 g/mol. The first-order valence-corrected chi connectivity index (χ1v) is 8.75. The number of ether oxygens (including phenoxy) is 1. The number of aromatic nitrogens is 3. The van der Waals surface area contributed by atoms with Crippen molar-refractivity contribution in [2.45, 2.75) is 38.8 Å². The van der Waals surface area contributed by atoms with Crippen molar-refractivity contribution in [2.75, 3.05) is 19.7 Å². The second kappa shape index (κ2) is 8.11. The second-order valence-electron chi connectivity index (χ2n) is 6.52. The molecule has 0 unspecified atom stereocenters. The lowest BCUT2D eigenvalue weighted by molar-refractivity contribution is 0.0921. The molecular weight excluding hydrogens is 318 g/mol. The molecule has 0 bridgehead atoms. The Kier molecular flexibility index (Phi) is 5.65. The molecule has 25 heavy (non-hydrogen) atoms. The fourth-order valence-corrected chi connectivity index (χ4v) is 2.90. The minimum Gasteiger partial charge on any atom is -0.491 e. The van der Waals surface area contributed by atoms with Gasteiger partial charge in [-0.1, -0.05) is 23.4 Å². The maximum absolute atomic E-state index is 12.3. The van der Waals surface area contributed by atoms with Crippen LogP contribution in [0.25, 0.3) is 0 Å². The van der Waals surface area contributed by atoms with Crippen LogP contribution in [0.3, 0.4) is 0 Å². The van der Waals surface area contributed by atoms with E-state index in [9.17, 15) is 4.79 Å². The summed E-state index contributed by atoms with van der Waals surface area (Å²) in [5, 5.41) is 14.4. The number of carbonyl (C=O) groups excluding carboxylic acids is 1. The maximum atomic E-state index is 12.3. The van der Waals surface area contributed by atoms with Gasteiger partial charge in [-0.05, 0) is 51.4 Å². The quantitative estimate of drug-likeness (QED) is 0.834. The number of hydrogen-bond acceptors (Lipinski definition) is 5. The van der Waals surface area contributed by atoms with Crippen molar-refractivity contribution in [3.8, 4) is 5.75 Å². The number of benzene rings is 1. The third-order valence-corrected chi connectivity index (χ3v) is 4.39. The Bertz CT molecular complexity index is 709. The van der Waals surface area contributed by atoms with Gasteiger partial charge in [-0.25, -0.2) is 4.68 Å². The highest BCUT2D eigenvalue weighted by molar-refractivity contribution is 5.92. The van der Waals surface area contributed by atoms with Crippen molar-refractivity contribution < 1.29 is 9.53 Å². The molecule has 134 valence electrons. The van der Waals surface area contributed by atoms with Crippen LogP contribution in [-0.4, -0.2) is 46.6 Å². The number of hydrogen-bond donors (Lipinski definition) is 2. The lowest BCUT2D eigenvalue weighted by atomic mass is 10.1. The smallest absolute Gasteiger partial charge is 0.273 e. The molecule has 0 aliphatic carbocycles. The van der Waals surface area contributed by atoms with Gasteiger partial charge in [-0.15, -0.1) is 5.10 Å². The van der Waals surface area contributed by atoms with Gasteiger partial charge < -0.3 is 15.4 Å². The molecule has 2 heterocycles. The maximum Gasteiger partial charge on any atom is 0.273 e. The topological polar surface area (TPSA) is 81.1 Å². The van der Waals surface area contributed by atoms with E-state index in [1.807, 2.05) is 42.8 Å². The summed E-state index contributed by atoms with van der Waals surface area (Å²) in [4.78, 5) is 12.3. The summed E-state index contributed by atoms with van der Waals surface area (Å²) in [7, 11) is 0. The van der Waals surface area contributed by atoms with Crippen LogP contribution in [0.2, 0.25) is 0 Å². The number of piperidine rings is 1. The molecule has 2 aromatic rings. The van der Waals surface area contributed by atoms with Gasteiger partial charge >= 0.3 is 0 Å². The minimum absolute atomic E-state index is 0.129. The average molecular weight is 343 g/mol. The van der Waals surface area contributed by atoms with Gasteiger partial charge in [0.25, 0.3) is 5.91 Å². The standard InChI is InChI=1S/C18H25N5O2/c1-13-5-3-4-6-17(13)25-12-14(2)20-18(24)16-11-23(22-21-16)15-7-9-19-10-8-15/h3-6,11,14-15,19H,7-10,12H2,1-2H3,(H,20,24)/t14-/m0/s1. The van der Waals surface area contributed by atoms with Crippen molar-refractivity contribution >= 4 is 5.91 Å². The predicted octanol–water partition coefficient (Wildman–Crippen LogP) is 1.71. The fourth-order valence-electron chi connectivity index (χ4n) is 2.90. The number of para-hydroxylation sites is 1. The van der Waals surface area contributed by atoms with Crippen LogP contribution < -0.4 is 15.4 Å². The zero-order valence-electron chi connectivity index (χ0n) is 14.7. The van der Waals surface area contributed by atoms with Crippen LogP contribution in [0.15, 0.2) is 30.5 Å². The molecule has 0 radical (unpaired) electrons. The lowest BCUT2D eigenvalue weighted by Gasteiger charge is -2.22. The molecule has 0 spiro atoms. The zero-order valence-corrected chi connectivity index (χ0v) is 14.7. The summed E-state index contributed by atoms with van der Waals surface area (Å²) < 4.78 is 7.58. The molecule has 1 aromatic carbocycles. The van der Waals surface area contributed by atoms with Gasteiger partial charge in [0.15, 0.2) is 5.69 Å². The predicted molar refractivity (Wildman–Crippen MR) is 94.8 cm³/mol. The van der Waals surface area contributed by atoms with E-state index in [-0.39, 0.29) is 11.9 Å². The molecule has 7 nitrogen and oxygen atoms in total. The van der Waals surface area contributed by atoms with E-state index >= 15 is 0 Å². The number of nitrogens with zero attached hydrogens (tertiary/aromatic N) is 3. The lowest BCUT2D eigenvalue weighted by Crippen LogP contribution is -2.37. The normalized spacial score (nSPS) is 16.4. The third-order valence-electron chi connectivity index (χ3n) is 4.39. The zero-order chi connectivity index (χ0) is 17.6. The van der Waals surface area contributed by atoms with Crippen LogP contribution in [0.5, 0.6) is 5.75 Å². The molecule has 7 heteroatoms.